The smallest absolute Gasteiger partial charge is 0.124 e. The highest BCUT2D eigenvalue weighted by Crippen LogP contribution is 2.38. The monoisotopic (exact) mass is 313 g/mol. The van der Waals surface area contributed by atoms with E-state index in [9.17, 15) is 0 Å². The number of thioether (sulfide) groups is 1. The summed E-state index contributed by atoms with van der Waals surface area (Å²) in [7, 11) is 1.69. The highest BCUT2D eigenvalue weighted by molar-refractivity contribution is 8.00. The fourth-order valence-electron chi connectivity index (χ4n) is 2.97. The van der Waals surface area contributed by atoms with Crippen LogP contribution in [0.1, 0.15) is 37.7 Å². The third kappa shape index (κ3) is 3.84. The van der Waals surface area contributed by atoms with E-state index in [2.05, 4.69) is 11.6 Å². The first-order chi connectivity index (χ1) is 9.71. The van der Waals surface area contributed by atoms with E-state index in [0.29, 0.717) is 4.75 Å². The molecule has 1 fully saturated rings. The lowest BCUT2D eigenvalue weighted by molar-refractivity contribution is 0.375. The maximum atomic E-state index is 6.27. The minimum Gasteiger partial charge on any atom is -0.496 e. The number of nitrogens with one attached hydrogen (secondary N) is 1. The summed E-state index contributed by atoms with van der Waals surface area (Å²) >= 11 is 8.29. The number of ether oxygens (including phenoxy) is 1. The van der Waals surface area contributed by atoms with E-state index in [1.807, 2.05) is 30.0 Å². The molecule has 112 valence electrons. The molecule has 2 nitrogen and oxygen atoms in total. The molecule has 4 heteroatoms. The molecule has 0 unspecified atom stereocenters. The summed E-state index contributed by atoms with van der Waals surface area (Å²) in [5, 5.41) is 4.37. The summed E-state index contributed by atoms with van der Waals surface area (Å²) in [5.41, 5.74) is 1.06. The van der Waals surface area contributed by atoms with Gasteiger partial charge in [-0.15, -0.1) is 0 Å². The molecule has 0 bridgehead atoms. The molecular formula is C16H24ClNOS. The normalized spacial score (nSPS) is 17.9. The topological polar surface area (TPSA) is 21.3 Å². The first-order valence-electron chi connectivity index (χ1n) is 7.28. The van der Waals surface area contributed by atoms with Crippen LogP contribution in [0.3, 0.4) is 0 Å². The molecule has 0 amide bonds. The van der Waals surface area contributed by atoms with Crippen molar-refractivity contribution in [2.75, 3.05) is 19.9 Å². The summed E-state index contributed by atoms with van der Waals surface area (Å²) in [6.07, 6.45) is 8.99. The van der Waals surface area contributed by atoms with Gasteiger partial charge in [0.15, 0.2) is 0 Å². The SMILES string of the molecule is COc1cccc(Cl)c1CNCC1(SC)CCCCC1. The molecule has 1 aromatic carbocycles. The zero-order valence-corrected chi connectivity index (χ0v) is 13.9. The molecule has 20 heavy (non-hydrogen) atoms. The van der Waals surface area contributed by atoms with Gasteiger partial charge in [0, 0.05) is 28.4 Å². The predicted octanol–water partition coefficient (Wildman–Crippen LogP) is 4.50. The van der Waals surface area contributed by atoms with Crippen LogP contribution in [0.15, 0.2) is 18.2 Å². The Hall–Kier alpha value is -0.380. The van der Waals surface area contributed by atoms with Crippen LogP contribution in [0.4, 0.5) is 0 Å². The van der Waals surface area contributed by atoms with Crippen molar-refractivity contribution in [3.8, 4) is 5.75 Å². The number of hydrogen-bond acceptors (Lipinski definition) is 3. The lowest BCUT2D eigenvalue weighted by Gasteiger charge is -2.36. The number of halogens is 1. The third-order valence-electron chi connectivity index (χ3n) is 4.24. The number of rotatable bonds is 6. The molecule has 0 saturated heterocycles. The standard InChI is InChI=1S/C16H24ClNOS/c1-19-15-8-6-7-14(17)13(15)11-18-12-16(20-2)9-4-3-5-10-16/h6-8,18H,3-5,9-12H2,1-2H3. The van der Waals surface area contributed by atoms with Gasteiger partial charge in [-0.25, -0.2) is 0 Å². The highest BCUT2D eigenvalue weighted by atomic mass is 35.5. The Labute approximate surface area is 131 Å². The summed E-state index contributed by atoms with van der Waals surface area (Å²) < 4.78 is 5.80. The Morgan fingerprint density at radius 3 is 2.70 bits per heavy atom. The van der Waals surface area contributed by atoms with E-state index in [1.165, 1.54) is 32.1 Å². The number of hydrogen-bond donors (Lipinski definition) is 1. The Kier molecular flexibility index (Phi) is 6.06. The summed E-state index contributed by atoms with van der Waals surface area (Å²) in [5.74, 6) is 0.867. The molecule has 0 atom stereocenters. The minimum atomic E-state index is 0.409. The average molecular weight is 314 g/mol. The lowest BCUT2D eigenvalue weighted by atomic mass is 9.88. The van der Waals surface area contributed by atoms with Crippen LogP contribution in [-0.2, 0) is 6.54 Å². The van der Waals surface area contributed by atoms with E-state index in [0.717, 1.165) is 29.4 Å². The van der Waals surface area contributed by atoms with Crippen LogP contribution in [-0.4, -0.2) is 24.7 Å². The number of benzene rings is 1. The second-order valence-electron chi connectivity index (χ2n) is 5.47. The van der Waals surface area contributed by atoms with E-state index in [4.69, 9.17) is 16.3 Å². The van der Waals surface area contributed by atoms with Crippen LogP contribution in [0, 0.1) is 0 Å². The van der Waals surface area contributed by atoms with Gasteiger partial charge in [0.25, 0.3) is 0 Å². The van der Waals surface area contributed by atoms with Crippen molar-refractivity contribution in [1.29, 1.82) is 0 Å². The van der Waals surface area contributed by atoms with Crippen molar-refractivity contribution in [3.05, 3.63) is 28.8 Å². The van der Waals surface area contributed by atoms with Gasteiger partial charge in [0.05, 0.1) is 7.11 Å². The first kappa shape index (κ1) is 16.0. The molecule has 1 aliphatic carbocycles. The van der Waals surface area contributed by atoms with Crippen molar-refractivity contribution >= 4 is 23.4 Å². The van der Waals surface area contributed by atoms with Crippen LogP contribution in [0.2, 0.25) is 5.02 Å². The molecule has 0 aliphatic heterocycles. The van der Waals surface area contributed by atoms with Crippen LogP contribution >= 0.6 is 23.4 Å². The van der Waals surface area contributed by atoms with Gasteiger partial charge in [0.2, 0.25) is 0 Å². The van der Waals surface area contributed by atoms with Gasteiger partial charge in [-0.3, -0.25) is 0 Å². The highest BCUT2D eigenvalue weighted by Gasteiger charge is 2.30. The molecule has 2 rings (SSSR count). The van der Waals surface area contributed by atoms with Crippen molar-refractivity contribution in [2.24, 2.45) is 0 Å². The van der Waals surface area contributed by atoms with Gasteiger partial charge in [0.1, 0.15) is 5.75 Å². The second-order valence-corrected chi connectivity index (χ2v) is 7.15. The minimum absolute atomic E-state index is 0.409. The molecule has 1 N–H and O–H groups in total. The average Bonchev–Trinajstić information content (AvgIpc) is 2.49. The molecule has 1 aliphatic rings. The molecule has 0 radical (unpaired) electrons. The second kappa shape index (κ2) is 7.58. The van der Waals surface area contributed by atoms with Gasteiger partial charge in [-0.05, 0) is 31.2 Å². The predicted molar refractivity (Wildman–Crippen MR) is 89.0 cm³/mol. The molecule has 0 heterocycles. The Morgan fingerprint density at radius 1 is 1.30 bits per heavy atom. The molecule has 0 spiro atoms. The lowest BCUT2D eigenvalue weighted by Crippen LogP contribution is -2.39. The maximum absolute atomic E-state index is 6.27. The Bertz CT molecular complexity index is 432. The van der Waals surface area contributed by atoms with Crippen molar-refractivity contribution in [3.63, 3.8) is 0 Å². The van der Waals surface area contributed by atoms with Crippen molar-refractivity contribution in [1.82, 2.24) is 5.32 Å². The maximum Gasteiger partial charge on any atom is 0.124 e. The first-order valence-corrected chi connectivity index (χ1v) is 8.88. The quantitative estimate of drug-likeness (QED) is 0.835. The Morgan fingerprint density at radius 2 is 2.05 bits per heavy atom. The van der Waals surface area contributed by atoms with E-state index >= 15 is 0 Å². The van der Waals surface area contributed by atoms with Gasteiger partial charge < -0.3 is 10.1 Å². The van der Waals surface area contributed by atoms with E-state index in [1.54, 1.807) is 7.11 Å². The summed E-state index contributed by atoms with van der Waals surface area (Å²) in [6.45, 7) is 1.81. The zero-order chi connectivity index (χ0) is 14.4. The largest absolute Gasteiger partial charge is 0.496 e. The fraction of sp³-hybridized carbons (Fsp3) is 0.625. The fourth-order valence-corrected chi connectivity index (χ4v) is 4.14. The van der Waals surface area contributed by atoms with Crippen molar-refractivity contribution < 1.29 is 4.74 Å². The molecule has 1 aromatic rings. The van der Waals surface area contributed by atoms with Crippen molar-refractivity contribution in [2.45, 2.75) is 43.4 Å². The van der Waals surface area contributed by atoms with E-state index in [-0.39, 0.29) is 0 Å². The Balaban J connectivity index is 1.95. The van der Waals surface area contributed by atoms with Crippen LogP contribution in [0.25, 0.3) is 0 Å². The van der Waals surface area contributed by atoms with Crippen LogP contribution < -0.4 is 10.1 Å². The molecule has 0 aromatic heterocycles. The summed E-state index contributed by atoms with van der Waals surface area (Å²) in [6, 6.07) is 5.81. The van der Waals surface area contributed by atoms with Crippen LogP contribution in [0.5, 0.6) is 5.75 Å². The van der Waals surface area contributed by atoms with Gasteiger partial charge in [-0.1, -0.05) is 36.9 Å². The summed E-state index contributed by atoms with van der Waals surface area (Å²) in [4.78, 5) is 0. The number of methoxy groups -OCH3 is 1. The third-order valence-corrected chi connectivity index (χ3v) is 6.02. The molecule has 1 saturated carbocycles. The zero-order valence-electron chi connectivity index (χ0n) is 12.4. The van der Waals surface area contributed by atoms with Gasteiger partial charge >= 0.3 is 0 Å². The van der Waals surface area contributed by atoms with E-state index < -0.39 is 0 Å². The molecular weight excluding hydrogens is 290 g/mol. The van der Waals surface area contributed by atoms with Gasteiger partial charge in [-0.2, -0.15) is 11.8 Å².